The second kappa shape index (κ2) is 5.45. The van der Waals surface area contributed by atoms with Crippen molar-refractivity contribution in [2.75, 3.05) is 18.5 Å². The second-order valence-corrected chi connectivity index (χ2v) is 5.04. The molecule has 1 N–H and O–H groups in total. The highest BCUT2D eigenvalue weighted by Gasteiger charge is 2.22. The first-order chi connectivity index (χ1) is 9.33. The van der Waals surface area contributed by atoms with Crippen molar-refractivity contribution in [1.82, 2.24) is 9.78 Å². The van der Waals surface area contributed by atoms with Crippen LogP contribution in [0.3, 0.4) is 0 Å². The van der Waals surface area contributed by atoms with Crippen molar-refractivity contribution in [3.8, 4) is 5.69 Å². The number of hydrogen-bond donors (Lipinski definition) is 1. The molecule has 1 fully saturated rings. The molecule has 1 aliphatic heterocycles. The zero-order valence-corrected chi connectivity index (χ0v) is 11.1. The Labute approximate surface area is 113 Å². The number of aromatic nitrogens is 2. The predicted molar refractivity (Wildman–Crippen MR) is 75.6 cm³/mol. The van der Waals surface area contributed by atoms with Crippen LogP contribution in [0.1, 0.15) is 13.3 Å². The molecule has 0 aliphatic carbocycles. The van der Waals surface area contributed by atoms with E-state index in [0.29, 0.717) is 12.0 Å². The Morgan fingerprint density at radius 1 is 1.32 bits per heavy atom. The van der Waals surface area contributed by atoms with Crippen LogP contribution in [0.25, 0.3) is 5.69 Å². The van der Waals surface area contributed by atoms with Crippen LogP contribution >= 0.6 is 0 Å². The maximum absolute atomic E-state index is 5.42. The normalized spacial score (nSPS) is 20.4. The SMILES string of the molecule is C[C@H](Nc1ccn(-c2ccccc2)n1)[C@H]1CCOC1. The van der Waals surface area contributed by atoms with Gasteiger partial charge in [-0.05, 0) is 25.5 Å². The summed E-state index contributed by atoms with van der Waals surface area (Å²) in [6.07, 6.45) is 3.11. The average Bonchev–Trinajstić information content (AvgIpc) is 3.11. The highest BCUT2D eigenvalue weighted by molar-refractivity contribution is 5.38. The quantitative estimate of drug-likeness (QED) is 0.915. The number of nitrogens with one attached hydrogen (secondary N) is 1. The van der Waals surface area contributed by atoms with E-state index in [1.54, 1.807) is 0 Å². The van der Waals surface area contributed by atoms with Gasteiger partial charge in [-0.15, -0.1) is 0 Å². The van der Waals surface area contributed by atoms with Crippen LogP contribution in [0.4, 0.5) is 5.82 Å². The molecule has 4 heteroatoms. The Morgan fingerprint density at radius 3 is 2.89 bits per heavy atom. The first kappa shape index (κ1) is 12.2. The molecule has 2 atom stereocenters. The van der Waals surface area contributed by atoms with Gasteiger partial charge in [-0.1, -0.05) is 18.2 Å². The Morgan fingerprint density at radius 2 is 2.16 bits per heavy atom. The van der Waals surface area contributed by atoms with Crippen LogP contribution in [0.15, 0.2) is 42.6 Å². The average molecular weight is 257 g/mol. The van der Waals surface area contributed by atoms with Crippen LogP contribution in [0, 0.1) is 5.92 Å². The van der Waals surface area contributed by atoms with Crippen LogP contribution < -0.4 is 5.32 Å². The van der Waals surface area contributed by atoms with Crippen molar-refractivity contribution < 1.29 is 4.74 Å². The third-order valence-electron chi connectivity index (χ3n) is 3.66. The Kier molecular flexibility index (Phi) is 3.51. The summed E-state index contributed by atoms with van der Waals surface area (Å²) < 4.78 is 7.31. The summed E-state index contributed by atoms with van der Waals surface area (Å²) >= 11 is 0. The van der Waals surface area contributed by atoms with Crippen LogP contribution in [0.5, 0.6) is 0 Å². The Hall–Kier alpha value is -1.81. The van der Waals surface area contributed by atoms with E-state index >= 15 is 0 Å². The number of rotatable bonds is 4. The summed E-state index contributed by atoms with van der Waals surface area (Å²) in [5.41, 5.74) is 1.08. The molecule has 0 bridgehead atoms. The van der Waals surface area contributed by atoms with Gasteiger partial charge in [0.2, 0.25) is 0 Å². The minimum atomic E-state index is 0.390. The number of nitrogens with zero attached hydrogens (tertiary/aromatic N) is 2. The molecule has 1 aliphatic rings. The summed E-state index contributed by atoms with van der Waals surface area (Å²) in [7, 11) is 0. The molecular formula is C15H19N3O. The van der Waals surface area contributed by atoms with Gasteiger partial charge in [0, 0.05) is 30.8 Å². The fourth-order valence-electron chi connectivity index (χ4n) is 2.42. The van der Waals surface area contributed by atoms with E-state index in [4.69, 9.17) is 4.74 Å². The third kappa shape index (κ3) is 2.79. The third-order valence-corrected chi connectivity index (χ3v) is 3.66. The minimum Gasteiger partial charge on any atom is -0.381 e. The smallest absolute Gasteiger partial charge is 0.148 e. The zero-order chi connectivity index (χ0) is 13.1. The molecule has 0 radical (unpaired) electrons. The maximum atomic E-state index is 5.42. The van der Waals surface area contributed by atoms with Crippen LogP contribution in [-0.4, -0.2) is 29.0 Å². The van der Waals surface area contributed by atoms with Crippen LogP contribution in [0.2, 0.25) is 0 Å². The van der Waals surface area contributed by atoms with E-state index in [2.05, 4.69) is 17.3 Å². The molecule has 1 saturated heterocycles. The van der Waals surface area contributed by atoms with Gasteiger partial charge in [0.05, 0.1) is 12.3 Å². The van der Waals surface area contributed by atoms with Crippen molar-refractivity contribution >= 4 is 5.82 Å². The van der Waals surface area contributed by atoms with Gasteiger partial charge in [-0.2, -0.15) is 5.10 Å². The summed E-state index contributed by atoms with van der Waals surface area (Å²) in [4.78, 5) is 0. The summed E-state index contributed by atoms with van der Waals surface area (Å²) in [5, 5.41) is 8.02. The van der Waals surface area contributed by atoms with E-state index in [1.807, 2.05) is 47.3 Å². The number of benzene rings is 1. The molecular weight excluding hydrogens is 238 g/mol. The number of hydrogen-bond acceptors (Lipinski definition) is 3. The van der Waals surface area contributed by atoms with E-state index in [0.717, 1.165) is 31.1 Å². The van der Waals surface area contributed by atoms with E-state index in [1.165, 1.54) is 0 Å². The molecule has 1 aromatic carbocycles. The van der Waals surface area contributed by atoms with Crippen molar-refractivity contribution in [1.29, 1.82) is 0 Å². The number of ether oxygens (including phenoxy) is 1. The summed E-state index contributed by atoms with van der Waals surface area (Å²) in [6, 6.07) is 12.5. The Bertz CT molecular complexity index is 517. The lowest BCUT2D eigenvalue weighted by Crippen LogP contribution is -2.26. The van der Waals surface area contributed by atoms with Gasteiger partial charge in [0.15, 0.2) is 0 Å². The van der Waals surface area contributed by atoms with Crippen molar-refractivity contribution in [3.05, 3.63) is 42.6 Å². The number of para-hydroxylation sites is 1. The first-order valence-electron chi connectivity index (χ1n) is 6.78. The van der Waals surface area contributed by atoms with Gasteiger partial charge in [-0.25, -0.2) is 4.68 Å². The second-order valence-electron chi connectivity index (χ2n) is 5.04. The fourth-order valence-corrected chi connectivity index (χ4v) is 2.42. The van der Waals surface area contributed by atoms with Gasteiger partial charge in [0.1, 0.15) is 5.82 Å². The largest absolute Gasteiger partial charge is 0.381 e. The van der Waals surface area contributed by atoms with Crippen molar-refractivity contribution in [2.45, 2.75) is 19.4 Å². The van der Waals surface area contributed by atoms with Gasteiger partial charge < -0.3 is 10.1 Å². The van der Waals surface area contributed by atoms with Gasteiger partial charge >= 0.3 is 0 Å². The van der Waals surface area contributed by atoms with E-state index < -0.39 is 0 Å². The molecule has 0 saturated carbocycles. The molecule has 0 amide bonds. The molecule has 3 rings (SSSR count). The fraction of sp³-hybridized carbons (Fsp3) is 0.400. The number of anilines is 1. The lowest BCUT2D eigenvalue weighted by molar-refractivity contribution is 0.183. The molecule has 2 heterocycles. The summed E-state index contributed by atoms with van der Waals surface area (Å²) in [6.45, 7) is 3.93. The first-order valence-corrected chi connectivity index (χ1v) is 6.78. The molecule has 2 aromatic rings. The molecule has 19 heavy (non-hydrogen) atoms. The van der Waals surface area contributed by atoms with E-state index in [-0.39, 0.29) is 0 Å². The molecule has 0 spiro atoms. The monoisotopic (exact) mass is 257 g/mol. The zero-order valence-electron chi connectivity index (χ0n) is 11.1. The topological polar surface area (TPSA) is 39.1 Å². The van der Waals surface area contributed by atoms with Gasteiger partial charge in [0.25, 0.3) is 0 Å². The summed E-state index contributed by atoms with van der Waals surface area (Å²) in [5.74, 6) is 1.50. The van der Waals surface area contributed by atoms with E-state index in [9.17, 15) is 0 Å². The lowest BCUT2D eigenvalue weighted by Gasteiger charge is -2.18. The van der Waals surface area contributed by atoms with Crippen LogP contribution in [-0.2, 0) is 4.74 Å². The Balaban J connectivity index is 1.68. The van der Waals surface area contributed by atoms with Crippen molar-refractivity contribution in [3.63, 3.8) is 0 Å². The predicted octanol–water partition coefficient (Wildman–Crippen LogP) is 2.71. The minimum absolute atomic E-state index is 0.390. The maximum Gasteiger partial charge on any atom is 0.148 e. The molecule has 1 aromatic heterocycles. The molecule has 100 valence electrons. The standard InChI is InChI=1S/C15H19N3O/c1-12(13-8-10-19-11-13)16-15-7-9-18(17-15)14-5-3-2-4-6-14/h2-7,9,12-13H,8,10-11H2,1H3,(H,16,17)/t12-,13-/m0/s1. The molecule has 0 unspecified atom stereocenters. The highest BCUT2D eigenvalue weighted by Crippen LogP contribution is 2.20. The van der Waals surface area contributed by atoms with Crippen molar-refractivity contribution in [2.24, 2.45) is 5.92 Å². The van der Waals surface area contributed by atoms with Gasteiger partial charge in [-0.3, -0.25) is 0 Å². The highest BCUT2D eigenvalue weighted by atomic mass is 16.5. The lowest BCUT2D eigenvalue weighted by atomic mass is 10.0. The molecule has 4 nitrogen and oxygen atoms in total.